The van der Waals surface area contributed by atoms with Gasteiger partial charge in [-0.05, 0) is 31.0 Å². The molecule has 7 heteroatoms. The SMILES string of the molecule is Cc1ccc(C)c(N2C(=O)C[C@@H](SC(=S)N3CCOCC3)C2=O)c1. The number of aryl methyl sites for hydroxylation is 2. The number of hydrogen-bond acceptors (Lipinski definition) is 5. The van der Waals surface area contributed by atoms with Crippen LogP contribution in [0.1, 0.15) is 17.5 Å². The van der Waals surface area contributed by atoms with Crippen LogP contribution < -0.4 is 4.90 Å². The molecule has 0 spiro atoms. The molecule has 2 amide bonds. The molecule has 0 aliphatic carbocycles. The Morgan fingerprint density at radius 2 is 1.96 bits per heavy atom. The van der Waals surface area contributed by atoms with Crippen molar-refractivity contribution in [3.8, 4) is 0 Å². The van der Waals surface area contributed by atoms with Crippen molar-refractivity contribution in [1.82, 2.24) is 4.90 Å². The third-order valence-corrected chi connectivity index (χ3v) is 5.88. The molecule has 1 aromatic rings. The Morgan fingerprint density at radius 3 is 2.67 bits per heavy atom. The summed E-state index contributed by atoms with van der Waals surface area (Å²) < 4.78 is 5.99. The first-order valence-electron chi connectivity index (χ1n) is 7.94. The number of thioether (sulfide) groups is 1. The van der Waals surface area contributed by atoms with Gasteiger partial charge < -0.3 is 9.64 Å². The second-order valence-corrected chi connectivity index (χ2v) is 7.87. The third kappa shape index (κ3) is 3.48. The number of nitrogens with zero attached hydrogens (tertiary/aromatic N) is 2. The van der Waals surface area contributed by atoms with Crippen LogP contribution in [0.4, 0.5) is 5.69 Å². The summed E-state index contributed by atoms with van der Waals surface area (Å²) in [6, 6.07) is 5.80. The van der Waals surface area contributed by atoms with Crippen LogP contribution in [-0.2, 0) is 14.3 Å². The quantitative estimate of drug-likeness (QED) is 0.593. The second kappa shape index (κ2) is 7.21. The van der Waals surface area contributed by atoms with Crippen molar-refractivity contribution >= 4 is 45.8 Å². The van der Waals surface area contributed by atoms with Gasteiger partial charge in [0, 0.05) is 19.5 Å². The summed E-state index contributed by atoms with van der Waals surface area (Å²) in [5.74, 6) is -0.328. The van der Waals surface area contributed by atoms with E-state index in [0.717, 1.165) is 24.2 Å². The fourth-order valence-electron chi connectivity index (χ4n) is 2.85. The zero-order valence-corrected chi connectivity index (χ0v) is 15.4. The van der Waals surface area contributed by atoms with E-state index in [9.17, 15) is 9.59 Å². The van der Waals surface area contributed by atoms with E-state index in [2.05, 4.69) is 0 Å². The third-order valence-electron chi connectivity index (χ3n) is 4.22. The lowest BCUT2D eigenvalue weighted by Crippen LogP contribution is -2.40. The topological polar surface area (TPSA) is 49.9 Å². The fraction of sp³-hybridized carbons (Fsp3) is 0.471. The Balaban J connectivity index is 1.74. The number of thiocarbonyl (C=S) groups is 1. The molecule has 2 heterocycles. The molecule has 0 unspecified atom stereocenters. The summed E-state index contributed by atoms with van der Waals surface area (Å²) >= 11 is 6.78. The molecule has 24 heavy (non-hydrogen) atoms. The number of imide groups is 1. The number of morpholine rings is 1. The highest BCUT2D eigenvalue weighted by atomic mass is 32.2. The summed E-state index contributed by atoms with van der Waals surface area (Å²) in [6.07, 6.45) is 0.196. The van der Waals surface area contributed by atoms with Gasteiger partial charge in [0.1, 0.15) is 9.57 Å². The zero-order valence-electron chi connectivity index (χ0n) is 13.8. The van der Waals surface area contributed by atoms with E-state index < -0.39 is 5.25 Å². The van der Waals surface area contributed by atoms with Crippen molar-refractivity contribution in [3.05, 3.63) is 29.3 Å². The van der Waals surface area contributed by atoms with Crippen LogP contribution >= 0.6 is 24.0 Å². The predicted octanol–water partition coefficient (Wildman–Crippen LogP) is 2.29. The van der Waals surface area contributed by atoms with Crippen LogP contribution in [0.2, 0.25) is 0 Å². The average molecular weight is 364 g/mol. The number of amides is 2. The minimum Gasteiger partial charge on any atom is -0.378 e. The average Bonchev–Trinajstić information content (AvgIpc) is 2.84. The molecule has 2 fully saturated rings. The number of anilines is 1. The number of carbonyl (C=O) groups is 2. The van der Waals surface area contributed by atoms with E-state index in [4.69, 9.17) is 17.0 Å². The Kier molecular flexibility index (Phi) is 5.22. The van der Waals surface area contributed by atoms with Gasteiger partial charge in [0.25, 0.3) is 0 Å². The summed E-state index contributed by atoms with van der Waals surface area (Å²) in [6.45, 7) is 6.63. The highest BCUT2D eigenvalue weighted by Crippen LogP contribution is 2.33. The molecule has 0 N–H and O–H groups in total. The van der Waals surface area contributed by atoms with Gasteiger partial charge in [-0.15, -0.1) is 0 Å². The molecular formula is C17H20N2O3S2. The Bertz CT molecular complexity index is 686. The van der Waals surface area contributed by atoms with Crippen molar-refractivity contribution in [2.75, 3.05) is 31.2 Å². The Hall–Kier alpha value is -1.44. The van der Waals surface area contributed by atoms with Crippen LogP contribution in [0.3, 0.4) is 0 Å². The number of benzene rings is 1. The molecule has 0 aromatic heterocycles. The standard InChI is InChI=1S/C17H20N2O3S2/c1-11-3-4-12(2)13(9-11)19-15(20)10-14(16(19)21)24-17(23)18-5-7-22-8-6-18/h3-4,9,14H,5-8,10H2,1-2H3/t14-/m1/s1. The first kappa shape index (κ1) is 17.4. The molecule has 1 atom stereocenters. The maximum Gasteiger partial charge on any atom is 0.247 e. The molecule has 5 nitrogen and oxygen atoms in total. The van der Waals surface area contributed by atoms with Crippen LogP contribution in [0.5, 0.6) is 0 Å². The number of rotatable bonds is 2. The maximum atomic E-state index is 12.8. The van der Waals surface area contributed by atoms with Crippen molar-refractivity contribution < 1.29 is 14.3 Å². The first-order chi connectivity index (χ1) is 11.5. The van der Waals surface area contributed by atoms with E-state index in [1.165, 1.54) is 16.7 Å². The van der Waals surface area contributed by atoms with E-state index in [1.54, 1.807) is 0 Å². The minimum absolute atomic E-state index is 0.157. The van der Waals surface area contributed by atoms with Gasteiger partial charge in [0.15, 0.2) is 0 Å². The molecule has 2 aliphatic heterocycles. The highest BCUT2D eigenvalue weighted by Gasteiger charge is 2.41. The summed E-state index contributed by atoms with van der Waals surface area (Å²) in [7, 11) is 0. The second-order valence-electron chi connectivity index (χ2n) is 6.03. The van der Waals surface area contributed by atoms with Gasteiger partial charge in [0.05, 0.1) is 18.9 Å². The van der Waals surface area contributed by atoms with Crippen LogP contribution in [0.15, 0.2) is 18.2 Å². The molecule has 128 valence electrons. The smallest absolute Gasteiger partial charge is 0.247 e. The Labute approximate surface area is 151 Å². The molecule has 1 aromatic carbocycles. The first-order valence-corrected chi connectivity index (χ1v) is 9.23. The zero-order chi connectivity index (χ0) is 17.3. The van der Waals surface area contributed by atoms with Gasteiger partial charge in [-0.1, -0.05) is 36.1 Å². The van der Waals surface area contributed by atoms with E-state index in [-0.39, 0.29) is 18.2 Å². The largest absolute Gasteiger partial charge is 0.378 e. The van der Waals surface area contributed by atoms with E-state index in [1.807, 2.05) is 36.9 Å². The molecule has 2 aliphatic rings. The van der Waals surface area contributed by atoms with E-state index in [0.29, 0.717) is 23.2 Å². The van der Waals surface area contributed by atoms with Gasteiger partial charge in [-0.25, -0.2) is 4.90 Å². The van der Waals surface area contributed by atoms with Gasteiger partial charge >= 0.3 is 0 Å². The predicted molar refractivity (Wildman–Crippen MR) is 99.4 cm³/mol. The van der Waals surface area contributed by atoms with Crippen molar-refractivity contribution in [1.29, 1.82) is 0 Å². The molecule has 0 bridgehead atoms. The minimum atomic E-state index is -0.437. The summed E-state index contributed by atoms with van der Waals surface area (Å²) in [4.78, 5) is 28.6. The summed E-state index contributed by atoms with van der Waals surface area (Å²) in [5, 5.41) is -0.437. The Morgan fingerprint density at radius 1 is 1.25 bits per heavy atom. The normalized spacial score (nSPS) is 21.5. The molecular weight excluding hydrogens is 344 g/mol. The fourth-order valence-corrected chi connectivity index (χ4v) is 4.39. The lowest BCUT2D eigenvalue weighted by molar-refractivity contribution is -0.121. The van der Waals surface area contributed by atoms with Crippen LogP contribution in [0.25, 0.3) is 0 Å². The van der Waals surface area contributed by atoms with Crippen molar-refractivity contribution in [2.45, 2.75) is 25.5 Å². The number of ether oxygens (including phenoxy) is 1. The molecule has 2 saturated heterocycles. The number of carbonyl (C=O) groups excluding carboxylic acids is 2. The van der Waals surface area contributed by atoms with Gasteiger partial charge in [-0.3, -0.25) is 9.59 Å². The van der Waals surface area contributed by atoms with Crippen molar-refractivity contribution in [2.24, 2.45) is 0 Å². The van der Waals surface area contributed by atoms with Crippen LogP contribution in [-0.4, -0.2) is 52.6 Å². The highest BCUT2D eigenvalue weighted by molar-refractivity contribution is 8.23. The van der Waals surface area contributed by atoms with Gasteiger partial charge in [-0.2, -0.15) is 0 Å². The maximum absolute atomic E-state index is 12.8. The molecule has 3 rings (SSSR count). The van der Waals surface area contributed by atoms with Gasteiger partial charge in [0.2, 0.25) is 11.8 Å². The van der Waals surface area contributed by atoms with E-state index >= 15 is 0 Å². The van der Waals surface area contributed by atoms with Crippen LogP contribution in [0, 0.1) is 13.8 Å². The monoisotopic (exact) mass is 364 g/mol. The lowest BCUT2D eigenvalue weighted by Gasteiger charge is -2.29. The lowest BCUT2D eigenvalue weighted by atomic mass is 10.1. The summed E-state index contributed by atoms with van der Waals surface area (Å²) in [5.41, 5.74) is 2.63. The molecule has 0 radical (unpaired) electrons. The number of hydrogen-bond donors (Lipinski definition) is 0. The molecule has 0 saturated carbocycles. The van der Waals surface area contributed by atoms with Crippen molar-refractivity contribution in [3.63, 3.8) is 0 Å².